The zero-order valence-electron chi connectivity index (χ0n) is 51.0. The molecule has 0 aliphatic heterocycles. The van der Waals surface area contributed by atoms with Gasteiger partial charge in [0.25, 0.3) is 0 Å². The molecule has 0 amide bonds. The number of carbonyl (C=O) groups is 3. The number of unbranched alkanes of at least 4 members (excludes halogenated alkanes) is 43. The van der Waals surface area contributed by atoms with E-state index in [1.807, 2.05) is 0 Å². The third-order valence-electron chi connectivity index (χ3n) is 15.1. The molecule has 0 rings (SSSR count). The van der Waals surface area contributed by atoms with Gasteiger partial charge in [-0.15, -0.1) is 0 Å². The van der Waals surface area contributed by atoms with Crippen molar-refractivity contribution in [2.75, 3.05) is 13.2 Å². The Balaban J connectivity index is 4.00. The fourth-order valence-corrected chi connectivity index (χ4v) is 9.98. The molecule has 0 N–H and O–H groups in total. The van der Waals surface area contributed by atoms with Crippen LogP contribution in [0.2, 0.25) is 0 Å². The molecule has 0 saturated carbocycles. The van der Waals surface area contributed by atoms with Crippen LogP contribution in [0.3, 0.4) is 0 Å². The van der Waals surface area contributed by atoms with Crippen LogP contribution in [0.25, 0.3) is 0 Å². The van der Waals surface area contributed by atoms with Crippen molar-refractivity contribution in [2.45, 2.75) is 367 Å². The van der Waals surface area contributed by atoms with Gasteiger partial charge >= 0.3 is 17.9 Å². The van der Waals surface area contributed by atoms with Gasteiger partial charge < -0.3 is 14.2 Å². The Morgan fingerprint density at radius 2 is 0.474 bits per heavy atom. The lowest BCUT2D eigenvalue weighted by atomic mass is 10.0. The highest BCUT2D eigenvalue weighted by Gasteiger charge is 2.19. The fraction of sp³-hybridized carbons (Fsp3) is 0.843. The number of esters is 3. The molecular weight excluding hydrogens is 937 g/mol. The summed E-state index contributed by atoms with van der Waals surface area (Å²) in [7, 11) is 0. The largest absolute Gasteiger partial charge is 0.462 e. The first kappa shape index (κ1) is 73.4. The van der Waals surface area contributed by atoms with Crippen LogP contribution in [0, 0.1) is 0 Å². The molecule has 0 radical (unpaired) electrons. The molecule has 0 aromatic heterocycles. The smallest absolute Gasteiger partial charge is 0.306 e. The van der Waals surface area contributed by atoms with Gasteiger partial charge in [0.1, 0.15) is 13.2 Å². The Kier molecular flexibility index (Phi) is 62.6. The van der Waals surface area contributed by atoms with Crippen LogP contribution in [0.4, 0.5) is 0 Å². The highest BCUT2D eigenvalue weighted by atomic mass is 16.6. The van der Waals surface area contributed by atoms with Gasteiger partial charge in [-0.05, 0) is 83.5 Å². The molecule has 6 nitrogen and oxygen atoms in total. The fourth-order valence-electron chi connectivity index (χ4n) is 9.98. The molecule has 0 aromatic carbocycles. The van der Waals surface area contributed by atoms with Crippen molar-refractivity contribution in [3.63, 3.8) is 0 Å². The highest BCUT2D eigenvalue weighted by molar-refractivity contribution is 5.71. The van der Waals surface area contributed by atoms with E-state index in [1.54, 1.807) is 0 Å². The number of carbonyl (C=O) groups excluding carboxylic acids is 3. The predicted molar refractivity (Wildman–Crippen MR) is 330 cm³/mol. The predicted octanol–water partition coefficient (Wildman–Crippen LogP) is 22.9. The van der Waals surface area contributed by atoms with E-state index in [1.165, 1.54) is 250 Å². The molecule has 444 valence electrons. The number of hydrogen-bond donors (Lipinski definition) is 0. The van der Waals surface area contributed by atoms with Crippen molar-refractivity contribution in [1.82, 2.24) is 0 Å². The normalized spacial score (nSPS) is 12.3. The second-order valence-electron chi connectivity index (χ2n) is 22.7. The lowest BCUT2D eigenvalue weighted by Crippen LogP contribution is -2.30. The topological polar surface area (TPSA) is 78.9 Å². The zero-order valence-corrected chi connectivity index (χ0v) is 51.0. The van der Waals surface area contributed by atoms with Crippen molar-refractivity contribution in [3.8, 4) is 0 Å². The molecule has 0 saturated heterocycles. The molecule has 0 aliphatic carbocycles. The Bertz CT molecular complexity index is 1310. The number of ether oxygens (including phenoxy) is 3. The Hall–Kier alpha value is -2.63. The van der Waals surface area contributed by atoms with Crippen molar-refractivity contribution in [3.05, 3.63) is 48.6 Å². The molecule has 6 heteroatoms. The first-order valence-corrected chi connectivity index (χ1v) is 33.6. The SMILES string of the molecule is CCCCCCC/C=C\C/C=C\C/C=C\CCCCCCCCCCCCCCCCCCCCC(=O)OCC(COC(=O)CCCCCCCCC)OC(=O)CCCCCCCCC/C=C\CCCCCCCCC. The minimum absolute atomic E-state index is 0.0703. The molecule has 0 aromatic rings. The summed E-state index contributed by atoms with van der Waals surface area (Å²) in [5, 5.41) is 0. The van der Waals surface area contributed by atoms with Gasteiger partial charge in [0.15, 0.2) is 6.10 Å². The van der Waals surface area contributed by atoms with Gasteiger partial charge in [0.2, 0.25) is 0 Å². The second kappa shape index (κ2) is 64.9. The van der Waals surface area contributed by atoms with Crippen molar-refractivity contribution < 1.29 is 28.6 Å². The summed E-state index contributed by atoms with van der Waals surface area (Å²) in [5.74, 6) is -0.861. The van der Waals surface area contributed by atoms with E-state index >= 15 is 0 Å². The summed E-state index contributed by atoms with van der Waals surface area (Å²) in [4.78, 5) is 38.1. The van der Waals surface area contributed by atoms with E-state index in [4.69, 9.17) is 14.2 Å². The third kappa shape index (κ3) is 62.2. The molecule has 0 aliphatic rings. The van der Waals surface area contributed by atoms with Gasteiger partial charge in [0.05, 0.1) is 0 Å². The van der Waals surface area contributed by atoms with Crippen LogP contribution in [-0.2, 0) is 28.6 Å². The van der Waals surface area contributed by atoms with Crippen LogP contribution < -0.4 is 0 Å². The van der Waals surface area contributed by atoms with Gasteiger partial charge in [-0.2, -0.15) is 0 Å². The summed E-state index contributed by atoms with van der Waals surface area (Å²) in [5.41, 5.74) is 0. The number of allylic oxidation sites excluding steroid dienone is 8. The van der Waals surface area contributed by atoms with Gasteiger partial charge in [-0.25, -0.2) is 0 Å². The first-order valence-electron chi connectivity index (χ1n) is 33.6. The van der Waals surface area contributed by atoms with Gasteiger partial charge in [-0.3, -0.25) is 14.4 Å². The molecule has 0 heterocycles. The van der Waals surface area contributed by atoms with Crippen LogP contribution in [0.15, 0.2) is 48.6 Å². The lowest BCUT2D eigenvalue weighted by molar-refractivity contribution is -0.167. The molecule has 76 heavy (non-hydrogen) atoms. The maximum atomic E-state index is 12.8. The molecule has 0 spiro atoms. The summed E-state index contributed by atoms with van der Waals surface area (Å²) in [6, 6.07) is 0. The van der Waals surface area contributed by atoms with E-state index in [2.05, 4.69) is 69.4 Å². The number of hydrogen-bond acceptors (Lipinski definition) is 6. The van der Waals surface area contributed by atoms with E-state index in [9.17, 15) is 14.4 Å². The van der Waals surface area contributed by atoms with E-state index in [0.29, 0.717) is 19.3 Å². The van der Waals surface area contributed by atoms with E-state index in [0.717, 1.165) is 70.6 Å². The Morgan fingerprint density at radius 1 is 0.263 bits per heavy atom. The molecule has 1 unspecified atom stereocenters. The summed E-state index contributed by atoms with van der Waals surface area (Å²) < 4.78 is 16.8. The Morgan fingerprint density at radius 3 is 0.750 bits per heavy atom. The third-order valence-corrected chi connectivity index (χ3v) is 15.1. The zero-order chi connectivity index (χ0) is 55.0. The average molecular weight is 1070 g/mol. The van der Waals surface area contributed by atoms with Crippen molar-refractivity contribution in [1.29, 1.82) is 0 Å². The van der Waals surface area contributed by atoms with Crippen LogP contribution >= 0.6 is 0 Å². The lowest BCUT2D eigenvalue weighted by Gasteiger charge is -2.18. The van der Waals surface area contributed by atoms with Crippen LogP contribution in [0.1, 0.15) is 361 Å². The standard InChI is InChI=1S/C70H128O6/c1-4-7-10-13-16-18-20-22-24-26-28-29-30-31-32-33-34-35-36-37-38-39-40-41-42-44-45-47-49-51-54-57-60-63-69(72)75-66-67(65-74-68(71)62-59-56-53-15-12-9-6-3)76-70(73)64-61-58-55-52-50-48-46-43-27-25-23-21-19-17-14-11-8-5-2/h20,22,25-28,30-31,67H,4-19,21,23-24,29,32-66H2,1-3H3/b22-20-,27-25-,28-26-,31-30-. The van der Waals surface area contributed by atoms with Gasteiger partial charge in [0, 0.05) is 19.3 Å². The minimum atomic E-state index is -0.770. The molecule has 0 bridgehead atoms. The monoisotopic (exact) mass is 1060 g/mol. The quantitative estimate of drug-likeness (QED) is 0.0261. The average Bonchev–Trinajstić information content (AvgIpc) is 3.42. The maximum absolute atomic E-state index is 12.8. The number of rotatable bonds is 62. The second-order valence-corrected chi connectivity index (χ2v) is 22.7. The summed E-state index contributed by atoms with van der Waals surface area (Å²) >= 11 is 0. The van der Waals surface area contributed by atoms with Crippen molar-refractivity contribution >= 4 is 17.9 Å². The van der Waals surface area contributed by atoms with Crippen LogP contribution in [0.5, 0.6) is 0 Å². The molecule has 1 atom stereocenters. The highest BCUT2D eigenvalue weighted by Crippen LogP contribution is 2.17. The van der Waals surface area contributed by atoms with Crippen molar-refractivity contribution in [2.24, 2.45) is 0 Å². The maximum Gasteiger partial charge on any atom is 0.306 e. The van der Waals surface area contributed by atoms with E-state index < -0.39 is 6.10 Å². The van der Waals surface area contributed by atoms with Crippen LogP contribution in [-0.4, -0.2) is 37.2 Å². The summed E-state index contributed by atoms with van der Waals surface area (Å²) in [6.07, 6.45) is 81.6. The Labute approximate surface area is 473 Å². The first-order chi connectivity index (χ1) is 37.5. The molecule has 0 fully saturated rings. The minimum Gasteiger partial charge on any atom is -0.462 e. The van der Waals surface area contributed by atoms with Gasteiger partial charge in [-0.1, -0.05) is 307 Å². The summed E-state index contributed by atoms with van der Waals surface area (Å²) in [6.45, 7) is 6.63. The molecular formula is C70H128O6. The van der Waals surface area contributed by atoms with E-state index in [-0.39, 0.29) is 31.1 Å².